The van der Waals surface area contributed by atoms with E-state index >= 15 is 0 Å². The van der Waals surface area contributed by atoms with E-state index < -0.39 is 0 Å². The van der Waals surface area contributed by atoms with Crippen molar-refractivity contribution in [3.8, 4) is 17.4 Å². The van der Waals surface area contributed by atoms with E-state index in [1.165, 1.54) is 0 Å². The number of para-hydroxylation sites is 1. The third-order valence-electron chi connectivity index (χ3n) is 7.97. The van der Waals surface area contributed by atoms with Gasteiger partial charge in [0, 0.05) is 56.7 Å². The number of rotatable bonds is 12. The van der Waals surface area contributed by atoms with E-state index in [0.29, 0.717) is 43.6 Å². The maximum absolute atomic E-state index is 13.3. The van der Waals surface area contributed by atoms with Crippen LogP contribution < -0.4 is 25.0 Å². The number of nitrogens with one attached hydrogen (secondary N) is 2. The molecule has 2 N–H and O–H groups in total. The van der Waals surface area contributed by atoms with Crippen molar-refractivity contribution < 1.29 is 19.1 Å². The number of hydrogen-bond donors (Lipinski definition) is 2. The van der Waals surface area contributed by atoms with Crippen LogP contribution in [0.25, 0.3) is 5.95 Å². The average Bonchev–Trinajstić information content (AvgIpc) is 3.62. The molecule has 1 unspecified atom stereocenters. The van der Waals surface area contributed by atoms with Gasteiger partial charge in [-0.25, -0.2) is 14.8 Å². The molecule has 5 rings (SSSR count). The maximum atomic E-state index is 13.3. The van der Waals surface area contributed by atoms with E-state index in [1.807, 2.05) is 60.8 Å². The van der Waals surface area contributed by atoms with Crippen LogP contribution in [-0.2, 0) is 11.2 Å². The first kappa shape index (κ1) is 32.3. The van der Waals surface area contributed by atoms with Gasteiger partial charge in [0.2, 0.25) is 11.9 Å². The van der Waals surface area contributed by atoms with Gasteiger partial charge >= 0.3 is 6.03 Å². The molecule has 12 heteroatoms. The van der Waals surface area contributed by atoms with Crippen LogP contribution >= 0.6 is 0 Å². The number of hydrogen-bond acceptors (Lipinski definition) is 8. The van der Waals surface area contributed by atoms with Crippen molar-refractivity contribution in [2.24, 2.45) is 0 Å². The Kier molecular flexibility index (Phi) is 10.7. The summed E-state index contributed by atoms with van der Waals surface area (Å²) in [5, 5.41) is 6.06. The third-order valence-corrected chi connectivity index (χ3v) is 7.97. The monoisotopic (exact) mass is 626 g/mol. The minimum absolute atomic E-state index is 0.0828. The summed E-state index contributed by atoms with van der Waals surface area (Å²) in [6.07, 6.45) is 6.91. The molecule has 4 aromatic rings. The Morgan fingerprint density at radius 1 is 1.00 bits per heavy atom. The first-order valence-corrected chi connectivity index (χ1v) is 15.6. The zero-order valence-electron chi connectivity index (χ0n) is 26.8. The topological polar surface area (TPSA) is 127 Å². The van der Waals surface area contributed by atoms with Crippen LogP contribution in [0.3, 0.4) is 0 Å². The predicted molar refractivity (Wildman–Crippen MR) is 177 cm³/mol. The van der Waals surface area contributed by atoms with E-state index in [-0.39, 0.29) is 30.3 Å². The number of imidazole rings is 1. The lowest BCUT2D eigenvalue weighted by atomic mass is 10.1. The van der Waals surface area contributed by atoms with E-state index in [1.54, 1.807) is 36.2 Å². The number of nitrogens with zero attached hydrogens (tertiary/aromatic N) is 6. The average molecular weight is 627 g/mol. The lowest BCUT2D eigenvalue weighted by molar-refractivity contribution is -0.121. The second-order valence-corrected chi connectivity index (χ2v) is 11.5. The molecular weight excluding hydrogens is 584 g/mol. The van der Waals surface area contributed by atoms with Crippen LogP contribution in [0, 0.1) is 0 Å². The highest BCUT2D eigenvalue weighted by atomic mass is 16.5. The number of aryl methyl sites for hydroxylation is 1. The van der Waals surface area contributed by atoms with E-state index in [0.717, 1.165) is 35.6 Å². The molecule has 1 fully saturated rings. The number of amides is 3. The summed E-state index contributed by atoms with van der Waals surface area (Å²) in [7, 11) is 3.23. The molecule has 242 valence electrons. The van der Waals surface area contributed by atoms with Gasteiger partial charge in [0.05, 0.1) is 26.0 Å². The lowest BCUT2D eigenvalue weighted by Crippen LogP contribution is -2.57. The minimum Gasteiger partial charge on any atom is -0.493 e. The Hall–Kier alpha value is -5.13. The number of piperazine rings is 1. The Morgan fingerprint density at radius 3 is 2.52 bits per heavy atom. The maximum Gasteiger partial charge on any atom is 0.321 e. The molecule has 0 bridgehead atoms. The van der Waals surface area contributed by atoms with Gasteiger partial charge < -0.3 is 29.9 Å². The summed E-state index contributed by atoms with van der Waals surface area (Å²) in [5.41, 5.74) is 2.71. The smallest absolute Gasteiger partial charge is 0.321 e. The van der Waals surface area contributed by atoms with E-state index in [9.17, 15) is 9.59 Å². The van der Waals surface area contributed by atoms with Gasteiger partial charge in [-0.1, -0.05) is 38.1 Å². The number of benzene rings is 2. The number of anilines is 2. The van der Waals surface area contributed by atoms with Crippen molar-refractivity contribution in [3.05, 3.63) is 84.6 Å². The zero-order valence-corrected chi connectivity index (χ0v) is 26.8. The number of urea groups is 1. The van der Waals surface area contributed by atoms with Gasteiger partial charge in [-0.15, -0.1) is 0 Å². The summed E-state index contributed by atoms with van der Waals surface area (Å²) in [5.74, 6) is 2.68. The van der Waals surface area contributed by atoms with Crippen LogP contribution in [0.1, 0.15) is 43.9 Å². The van der Waals surface area contributed by atoms with Crippen molar-refractivity contribution in [2.45, 2.75) is 45.1 Å². The first-order chi connectivity index (χ1) is 22.3. The largest absolute Gasteiger partial charge is 0.493 e. The van der Waals surface area contributed by atoms with Gasteiger partial charge in [-0.2, -0.15) is 4.98 Å². The highest BCUT2D eigenvalue weighted by Crippen LogP contribution is 2.28. The molecule has 0 radical (unpaired) electrons. The predicted octanol–water partition coefficient (Wildman–Crippen LogP) is 4.66. The molecule has 2 aromatic carbocycles. The first-order valence-electron chi connectivity index (χ1n) is 15.6. The summed E-state index contributed by atoms with van der Waals surface area (Å²) in [6.45, 7) is 6.04. The van der Waals surface area contributed by atoms with Crippen LogP contribution in [-0.4, -0.2) is 82.8 Å². The number of ether oxygens (including phenoxy) is 2. The molecular formula is C34H42N8O4. The Labute approximate surface area is 269 Å². The highest BCUT2D eigenvalue weighted by Gasteiger charge is 2.33. The molecule has 12 nitrogen and oxygen atoms in total. The molecule has 1 aliphatic rings. The number of methoxy groups -OCH3 is 2. The molecule has 1 saturated heterocycles. The third kappa shape index (κ3) is 8.12. The quantitative estimate of drug-likeness (QED) is 0.218. The fourth-order valence-electron chi connectivity index (χ4n) is 5.46. The molecule has 1 aliphatic heterocycles. The van der Waals surface area contributed by atoms with Crippen LogP contribution in [0.15, 0.2) is 73.3 Å². The Balaban J connectivity index is 1.29. The fourth-order valence-corrected chi connectivity index (χ4v) is 5.46. The normalized spacial score (nSPS) is 14.7. The number of aromatic nitrogens is 4. The Bertz CT molecular complexity index is 1600. The van der Waals surface area contributed by atoms with Gasteiger partial charge in [0.25, 0.3) is 0 Å². The Morgan fingerprint density at radius 2 is 1.80 bits per heavy atom. The molecule has 0 saturated carbocycles. The second kappa shape index (κ2) is 15.2. The summed E-state index contributed by atoms with van der Waals surface area (Å²) in [6, 6.07) is 16.7. The molecule has 0 spiro atoms. The van der Waals surface area contributed by atoms with Crippen molar-refractivity contribution in [2.75, 3.05) is 50.6 Å². The van der Waals surface area contributed by atoms with Crippen molar-refractivity contribution >= 4 is 23.4 Å². The van der Waals surface area contributed by atoms with Gasteiger partial charge in [0.1, 0.15) is 12.1 Å². The second-order valence-electron chi connectivity index (χ2n) is 11.5. The molecule has 1 atom stereocenters. The van der Waals surface area contributed by atoms with Crippen molar-refractivity contribution in [1.29, 1.82) is 0 Å². The number of carbonyl (C=O) groups excluding carboxylic acids is 2. The standard InChI is InChI=1S/C34H42N8O4/c1-24(2)28-21-31(39-33(38-28)41-16-15-35-23-41)42-18-17-40(34(44)37-26-10-6-5-7-11-26)22-27(42)20-32(43)36-14-8-9-25-12-13-29(45-3)30(19-25)46-4/h5-7,10-13,15-16,19,21,23-24,27H,8-9,14,17-18,20,22H2,1-4H3,(H,36,43)(H,37,44). The van der Waals surface area contributed by atoms with Crippen molar-refractivity contribution in [3.63, 3.8) is 0 Å². The summed E-state index contributed by atoms with van der Waals surface area (Å²) in [4.78, 5) is 44.3. The summed E-state index contributed by atoms with van der Waals surface area (Å²) >= 11 is 0. The molecule has 3 heterocycles. The van der Waals surface area contributed by atoms with Crippen LogP contribution in [0.5, 0.6) is 11.5 Å². The minimum atomic E-state index is -0.299. The van der Waals surface area contributed by atoms with Crippen molar-refractivity contribution in [1.82, 2.24) is 29.7 Å². The molecule has 3 amide bonds. The van der Waals surface area contributed by atoms with E-state index in [2.05, 4.69) is 34.4 Å². The van der Waals surface area contributed by atoms with E-state index in [4.69, 9.17) is 19.4 Å². The SMILES string of the molecule is COc1ccc(CCCNC(=O)CC2CN(C(=O)Nc3ccccc3)CCN2c2cc(C(C)C)nc(-n3ccnc3)n2)cc1OC. The highest BCUT2D eigenvalue weighted by molar-refractivity contribution is 5.89. The summed E-state index contributed by atoms with van der Waals surface area (Å²) < 4.78 is 12.5. The zero-order chi connectivity index (χ0) is 32.5. The van der Waals surface area contributed by atoms with Gasteiger partial charge in [-0.05, 0) is 48.6 Å². The molecule has 2 aromatic heterocycles. The number of carbonyl (C=O) groups is 2. The van der Waals surface area contributed by atoms with Gasteiger partial charge in [0.15, 0.2) is 11.5 Å². The molecule has 46 heavy (non-hydrogen) atoms. The fraction of sp³-hybridized carbons (Fsp3) is 0.382. The van der Waals surface area contributed by atoms with Gasteiger partial charge in [-0.3, -0.25) is 9.36 Å². The van der Waals surface area contributed by atoms with Crippen LogP contribution in [0.4, 0.5) is 16.3 Å². The van der Waals surface area contributed by atoms with Crippen LogP contribution in [0.2, 0.25) is 0 Å². The molecule has 0 aliphatic carbocycles. The lowest BCUT2D eigenvalue weighted by Gasteiger charge is -2.42.